The summed E-state index contributed by atoms with van der Waals surface area (Å²) in [6.07, 6.45) is -2.34. The van der Waals surface area contributed by atoms with Gasteiger partial charge in [-0.15, -0.1) is 0 Å². The highest BCUT2D eigenvalue weighted by Gasteiger charge is 2.31. The van der Waals surface area contributed by atoms with Crippen LogP contribution in [0.4, 0.5) is 13.2 Å². The second kappa shape index (κ2) is 5.91. The van der Waals surface area contributed by atoms with Gasteiger partial charge in [0.15, 0.2) is 5.78 Å². The number of hydrogen-bond acceptors (Lipinski definition) is 2. The lowest BCUT2D eigenvalue weighted by atomic mass is 10.00. The lowest BCUT2D eigenvalue weighted by Crippen LogP contribution is -2.11. The number of alkyl halides is 3. The van der Waals surface area contributed by atoms with E-state index in [-0.39, 0.29) is 11.3 Å². The summed E-state index contributed by atoms with van der Waals surface area (Å²) >= 11 is 0. The Labute approximate surface area is 110 Å². The molecule has 1 rings (SSSR count). The largest absolute Gasteiger partial charge is 0.416 e. The molecule has 0 aliphatic heterocycles. The van der Waals surface area contributed by atoms with Crippen molar-refractivity contribution in [2.45, 2.75) is 19.5 Å². The molecule has 0 saturated heterocycles. The van der Waals surface area contributed by atoms with Gasteiger partial charge in [-0.3, -0.25) is 4.79 Å². The zero-order valence-electron chi connectivity index (χ0n) is 11.1. The minimum Gasteiger partial charge on any atom is -0.383 e. The van der Waals surface area contributed by atoms with Crippen LogP contribution in [0, 0.1) is 0 Å². The standard InChI is InChI=1S/C14H16F3NO/c1-4-10(9-18(2)3)13(19)11-6-5-7-12(8-11)14(15,16)17/h5-9H,4H2,1-3H3. The van der Waals surface area contributed by atoms with Gasteiger partial charge in [0.2, 0.25) is 0 Å². The molecule has 0 radical (unpaired) electrons. The fraction of sp³-hybridized carbons (Fsp3) is 0.357. The molecule has 19 heavy (non-hydrogen) atoms. The molecule has 2 nitrogen and oxygen atoms in total. The molecule has 0 heterocycles. The van der Waals surface area contributed by atoms with Gasteiger partial charge < -0.3 is 4.90 Å². The van der Waals surface area contributed by atoms with Crippen LogP contribution in [0.2, 0.25) is 0 Å². The first-order valence-corrected chi connectivity index (χ1v) is 5.84. The Morgan fingerprint density at radius 2 is 1.95 bits per heavy atom. The van der Waals surface area contributed by atoms with Crippen LogP contribution in [0.25, 0.3) is 0 Å². The van der Waals surface area contributed by atoms with Crippen molar-refractivity contribution in [1.29, 1.82) is 0 Å². The molecular formula is C14H16F3NO. The molecule has 0 spiro atoms. The predicted molar refractivity (Wildman–Crippen MR) is 67.8 cm³/mol. The van der Waals surface area contributed by atoms with Gasteiger partial charge in [-0.1, -0.05) is 19.1 Å². The van der Waals surface area contributed by atoms with Gasteiger partial charge in [-0.05, 0) is 18.6 Å². The summed E-state index contributed by atoms with van der Waals surface area (Å²) in [5.74, 6) is -0.373. The molecule has 0 fully saturated rings. The number of Topliss-reactive ketones (excluding diaryl/α,β-unsaturated/α-hetero) is 1. The fourth-order valence-corrected chi connectivity index (χ4v) is 1.64. The minimum atomic E-state index is -4.44. The quantitative estimate of drug-likeness (QED) is 0.614. The minimum absolute atomic E-state index is 0.0600. The van der Waals surface area contributed by atoms with Crippen LogP contribution in [0.5, 0.6) is 0 Å². The van der Waals surface area contributed by atoms with Crippen LogP contribution >= 0.6 is 0 Å². The molecule has 0 unspecified atom stereocenters. The van der Waals surface area contributed by atoms with Gasteiger partial charge >= 0.3 is 6.18 Å². The Morgan fingerprint density at radius 3 is 2.42 bits per heavy atom. The lowest BCUT2D eigenvalue weighted by molar-refractivity contribution is -0.137. The maximum Gasteiger partial charge on any atom is 0.416 e. The number of ketones is 1. The van der Waals surface area contributed by atoms with Crippen LogP contribution in [0.1, 0.15) is 29.3 Å². The summed E-state index contributed by atoms with van der Waals surface area (Å²) in [5.41, 5.74) is -0.271. The Kier molecular flexibility index (Phi) is 4.75. The van der Waals surface area contributed by atoms with Crippen molar-refractivity contribution in [3.05, 3.63) is 47.2 Å². The third-order valence-electron chi connectivity index (χ3n) is 2.54. The molecule has 104 valence electrons. The number of halogens is 3. The lowest BCUT2D eigenvalue weighted by Gasteiger charge is -2.11. The van der Waals surface area contributed by atoms with E-state index in [1.54, 1.807) is 32.1 Å². The van der Waals surface area contributed by atoms with Crippen LogP contribution < -0.4 is 0 Å². The van der Waals surface area contributed by atoms with Crippen LogP contribution in [-0.2, 0) is 6.18 Å². The highest BCUT2D eigenvalue weighted by molar-refractivity contribution is 6.08. The second-order valence-corrected chi connectivity index (χ2v) is 4.38. The van der Waals surface area contributed by atoms with E-state index < -0.39 is 11.7 Å². The van der Waals surface area contributed by atoms with E-state index in [0.717, 1.165) is 12.1 Å². The van der Waals surface area contributed by atoms with E-state index in [4.69, 9.17) is 0 Å². The van der Waals surface area contributed by atoms with E-state index in [1.807, 2.05) is 0 Å². The molecule has 0 aromatic heterocycles. The van der Waals surface area contributed by atoms with E-state index in [0.29, 0.717) is 12.0 Å². The SMILES string of the molecule is CCC(=CN(C)C)C(=O)c1cccc(C(F)(F)F)c1. The summed E-state index contributed by atoms with van der Waals surface area (Å²) in [4.78, 5) is 13.8. The Morgan fingerprint density at radius 1 is 1.32 bits per heavy atom. The number of carbonyl (C=O) groups is 1. The number of benzene rings is 1. The molecule has 0 bridgehead atoms. The topological polar surface area (TPSA) is 20.3 Å². The number of allylic oxidation sites excluding steroid dienone is 1. The van der Waals surface area contributed by atoms with E-state index >= 15 is 0 Å². The van der Waals surface area contributed by atoms with Crippen LogP contribution in [0.15, 0.2) is 36.0 Å². The Balaban J connectivity index is 3.13. The summed E-state index contributed by atoms with van der Waals surface area (Å²) < 4.78 is 37.8. The normalized spacial score (nSPS) is 12.4. The molecule has 5 heteroatoms. The van der Waals surface area contributed by atoms with E-state index in [2.05, 4.69) is 0 Å². The molecule has 0 atom stereocenters. The summed E-state index contributed by atoms with van der Waals surface area (Å²) in [5, 5.41) is 0. The molecular weight excluding hydrogens is 255 g/mol. The average Bonchev–Trinajstić information content (AvgIpc) is 2.34. The second-order valence-electron chi connectivity index (χ2n) is 4.38. The molecule has 0 saturated carbocycles. The first-order valence-electron chi connectivity index (χ1n) is 5.84. The number of carbonyl (C=O) groups excluding carboxylic acids is 1. The predicted octanol–water partition coefficient (Wildman–Crippen LogP) is 3.74. The maximum atomic E-state index is 12.6. The van der Waals surface area contributed by atoms with Gasteiger partial charge in [0.05, 0.1) is 5.56 Å². The monoisotopic (exact) mass is 271 g/mol. The van der Waals surface area contributed by atoms with Crippen LogP contribution in [0.3, 0.4) is 0 Å². The molecule has 0 N–H and O–H groups in total. The number of hydrogen-bond donors (Lipinski definition) is 0. The summed E-state index contributed by atoms with van der Waals surface area (Å²) in [6, 6.07) is 4.50. The Bertz CT molecular complexity index is 490. The van der Waals surface area contributed by atoms with Crippen molar-refractivity contribution in [1.82, 2.24) is 4.90 Å². The van der Waals surface area contributed by atoms with Crippen molar-refractivity contribution < 1.29 is 18.0 Å². The van der Waals surface area contributed by atoms with Gasteiger partial charge in [-0.25, -0.2) is 0 Å². The molecule has 0 amide bonds. The van der Waals surface area contributed by atoms with Crippen molar-refractivity contribution in [3.63, 3.8) is 0 Å². The van der Waals surface area contributed by atoms with E-state index in [1.165, 1.54) is 12.1 Å². The fourth-order valence-electron chi connectivity index (χ4n) is 1.64. The van der Waals surface area contributed by atoms with Gasteiger partial charge in [-0.2, -0.15) is 13.2 Å². The molecule has 0 aliphatic rings. The third kappa shape index (κ3) is 4.12. The van der Waals surface area contributed by atoms with Crippen molar-refractivity contribution in [2.24, 2.45) is 0 Å². The first-order chi connectivity index (χ1) is 8.75. The van der Waals surface area contributed by atoms with Crippen molar-refractivity contribution in [2.75, 3.05) is 14.1 Å². The van der Waals surface area contributed by atoms with Gasteiger partial charge in [0.25, 0.3) is 0 Å². The number of rotatable bonds is 4. The Hall–Kier alpha value is -1.78. The van der Waals surface area contributed by atoms with Crippen molar-refractivity contribution >= 4 is 5.78 Å². The van der Waals surface area contributed by atoms with Crippen LogP contribution in [-0.4, -0.2) is 24.8 Å². The van der Waals surface area contributed by atoms with Crippen molar-refractivity contribution in [3.8, 4) is 0 Å². The molecule has 1 aromatic carbocycles. The summed E-state index contributed by atoms with van der Waals surface area (Å²) in [6.45, 7) is 1.79. The summed E-state index contributed by atoms with van der Waals surface area (Å²) in [7, 11) is 3.52. The highest BCUT2D eigenvalue weighted by atomic mass is 19.4. The highest BCUT2D eigenvalue weighted by Crippen LogP contribution is 2.30. The zero-order valence-corrected chi connectivity index (χ0v) is 11.1. The van der Waals surface area contributed by atoms with E-state index in [9.17, 15) is 18.0 Å². The van der Waals surface area contributed by atoms with Gasteiger partial charge in [0, 0.05) is 31.4 Å². The zero-order chi connectivity index (χ0) is 14.6. The smallest absolute Gasteiger partial charge is 0.383 e. The third-order valence-corrected chi connectivity index (χ3v) is 2.54. The first kappa shape index (κ1) is 15.3. The average molecular weight is 271 g/mol. The maximum absolute atomic E-state index is 12.6. The molecule has 1 aromatic rings. The van der Waals surface area contributed by atoms with Gasteiger partial charge in [0.1, 0.15) is 0 Å². The molecule has 0 aliphatic carbocycles. The number of nitrogens with zero attached hydrogens (tertiary/aromatic N) is 1.